The van der Waals surface area contributed by atoms with Gasteiger partial charge in [-0.15, -0.1) is 0 Å². The van der Waals surface area contributed by atoms with Crippen molar-refractivity contribution < 1.29 is 23.9 Å². The fraction of sp³-hybridized carbons (Fsp3) is 0.312. The Balaban J connectivity index is 1.45. The number of hydrogen-bond acceptors (Lipinski definition) is 10. The van der Waals surface area contributed by atoms with Crippen LogP contribution in [0.2, 0.25) is 0 Å². The molecule has 4 rings (SSSR count). The molecule has 0 aliphatic rings. The Morgan fingerprint density at radius 2 is 1.80 bits per heavy atom. The monoisotopic (exact) mass is 614 g/mol. The molecule has 13 heteroatoms. The highest BCUT2D eigenvalue weighted by atomic mass is 16.6. The molecule has 13 nitrogen and oxygen atoms in total. The number of amides is 1. The van der Waals surface area contributed by atoms with Crippen LogP contribution in [-0.4, -0.2) is 63.6 Å². The molecule has 4 aromatic rings. The zero-order valence-corrected chi connectivity index (χ0v) is 25.8. The van der Waals surface area contributed by atoms with Crippen molar-refractivity contribution in [1.29, 1.82) is 0 Å². The second-order valence-corrected chi connectivity index (χ2v) is 10.3. The van der Waals surface area contributed by atoms with E-state index in [0.717, 1.165) is 17.0 Å². The minimum atomic E-state index is -0.766. The molecule has 2 heterocycles. The number of nitrogens with one attached hydrogen (secondary N) is 1. The summed E-state index contributed by atoms with van der Waals surface area (Å²) in [5.41, 5.74) is 15.1. The second kappa shape index (κ2) is 14.9. The molecule has 0 aliphatic heterocycles. The minimum Gasteiger partial charge on any atom is -0.466 e. The van der Waals surface area contributed by atoms with Gasteiger partial charge in [-0.3, -0.25) is 19.3 Å². The summed E-state index contributed by atoms with van der Waals surface area (Å²) in [6.07, 6.45) is 0.874. The van der Waals surface area contributed by atoms with E-state index in [0.29, 0.717) is 29.0 Å². The highest BCUT2D eigenvalue weighted by Gasteiger charge is 2.21. The number of aromatic nitrogens is 3. The molecule has 0 spiro atoms. The first kappa shape index (κ1) is 32.6. The molecule has 0 bridgehead atoms. The maximum absolute atomic E-state index is 13.6. The number of carbonyl (C=O) groups is 3. The van der Waals surface area contributed by atoms with Crippen LogP contribution in [0.3, 0.4) is 0 Å². The maximum atomic E-state index is 13.6. The van der Waals surface area contributed by atoms with Crippen molar-refractivity contribution in [2.75, 3.05) is 23.4 Å². The largest absolute Gasteiger partial charge is 0.466 e. The van der Waals surface area contributed by atoms with Gasteiger partial charge in [0.25, 0.3) is 5.91 Å². The van der Waals surface area contributed by atoms with E-state index in [9.17, 15) is 14.4 Å². The molecule has 236 valence electrons. The first-order valence-corrected chi connectivity index (χ1v) is 14.5. The van der Waals surface area contributed by atoms with Gasteiger partial charge in [-0.25, -0.2) is 15.0 Å². The third kappa shape index (κ3) is 8.42. The number of amidine groups is 1. The predicted octanol–water partition coefficient (Wildman–Crippen LogP) is 3.12. The summed E-state index contributed by atoms with van der Waals surface area (Å²) >= 11 is 0. The van der Waals surface area contributed by atoms with E-state index in [1.807, 2.05) is 41.9 Å². The van der Waals surface area contributed by atoms with Gasteiger partial charge < -0.3 is 30.8 Å². The Labute approximate surface area is 261 Å². The van der Waals surface area contributed by atoms with Crippen LogP contribution in [0.1, 0.15) is 48.9 Å². The van der Waals surface area contributed by atoms with Crippen LogP contribution in [0.5, 0.6) is 0 Å². The van der Waals surface area contributed by atoms with Crippen molar-refractivity contribution in [3.63, 3.8) is 0 Å². The van der Waals surface area contributed by atoms with Gasteiger partial charge in [-0.1, -0.05) is 6.07 Å². The zero-order chi connectivity index (χ0) is 32.5. The summed E-state index contributed by atoms with van der Waals surface area (Å²) < 4.78 is 12.1. The van der Waals surface area contributed by atoms with Gasteiger partial charge in [-0.2, -0.15) is 0 Å². The summed E-state index contributed by atoms with van der Waals surface area (Å²) in [5, 5.41) is 3.35. The summed E-state index contributed by atoms with van der Waals surface area (Å²) in [6, 6.07) is 17.2. The van der Waals surface area contributed by atoms with Crippen molar-refractivity contribution in [1.82, 2.24) is 14.5 Å². The zero-order valence-electron chi connectivity index (χ0n) is 25.8. The molecular weight excluding hydrogens is 576 g/mol. The Bertz CT molecular complexity index is 1670. The van der Waals surface area contributed by atoms with E-state index in [4.69, 9.17) is 25.9 Å². The lowest BCUT2D eigenvalue weighted by molar-refractivity contribution is -0.149. The van der Waals surface area contributed by atoms with Gasteiger partial charge in [0.1, 0.15) is 23.5 Å². The molecule has 0 saturated heterocycles. The minimum absolute atomic E-state index is 0.0425. The number of aliphatic imine (C=N–C) groups is 1. The quantitative estimate of drug-likeness (QED) is 0.115. The van der Waals surface area contributed by atoms with Gasteiger partial charge >= 0.3 is 11.9 Å². The molecule has 2 atom stereocenters. The number of esters is 2. The number of pyridine rings is 1. The van der Waals surface area contributed by atoms with Crippen molar-refractivity contribution in [3.8, 4) is 0 Å². The molecule has 0 aliphatic carbocycles. The number of hydrogen-bond donors (Lipinski definition) is 3. The van der Waals surface area contributed by atoms with Crippen LogP contribution < -0.4 is 21.7 Å². The molecule has 2 unspecified atom stereocenters. The lowest BCUT2D eigenvalue weighted by atomic mass is 10.1. The molecule has 0 fully saturated rings. The Morgan fingerprint density at radius 3 is 2.47 bits per heavy atom. The Kier molecular flexibility index (Phi) is 10.8. The van der Waals surface area contributed by atoms with E-state index in [-0.39, 0.29) is 37.3 Å². The van der Waals surface area contributed by atoms with Gasteiger partial charge in [0.05, 0.1) is 30.6 Å². The third-order valence-electron chi connectivity index (χ3n) is 6.85. The number of ether oxygens (including phenoxy) is 2. The summed E-state index contributed by atoms with van der Waals surface area (Å²) in [5.74, 6) is 0.194. The SMILES string of the molecule is CCOC(=O)CCN(C(=O)c1ccc2c(c1)nc(CNc1ccc(/C(N)=N/C(C)OC(=O)C(C)N)cc1)n2C)c1ccccn1. The van der Waals surface area contributed by atoms with E-state index in [2.05, 4.69) is 15.3 Å². The van der Waals surface area contributed by atoms with E-state index < -0.39 is 18.2 Å². The lowest BCUT2D eigenvalue weighted by Gasteiger charge is -2.21. The number of imidazole rings is 1. The number of nitrogens with zero attached hydrogens (tertiary/aromatic N) is 5. The number of rotatable bonds is 13. The molecule has 45 heavy (non-hydrogen) atoms. The molecule has 1 amide bonds. The molecule has 5 N–H and O–H groups in total. The lowest BCUT2D eigenvalue weighted by Crippen LogP contribution is -2.34. The fourth-order valence-electron chi connectivity index (χ4n) is 4.48. The van der Waals surface area contributed by atoms with E-state index in [1.54, 1.807) is 50.4 Å². The van der Waals surface area contributed by atoms with Gasteiger partial charge in [0.15, 0.2) is 6.23 Å². The molecule has 2 aromatic heterocycles. The molecule has 0 saturated carbocycles. The van der Waals surface area contributed by atoms with Gasteiger partial charge in [0, 0.05) is 36.6 Å². The van der Waals surface area contributed by atoms with Gasteiger partial charge in [0.2, 0.25) is 0 Å². The van der Waals surface area contributed by atoms with Crippen molar-refractivity contribution in [3.05, 3.63) is 83.8 Å². The Hall–Kier alpha value is -5.30. The normalized spacial score (nSPS) is 12.8. The van der Waals surface area contributed by atoms with Crippen molar-refractivity contribution in [2.45, 2.75) is 46.0 Å². The molecule has 2 aromatic carbocycles. The maximum Gasteiger partial charge on any atom is 0.324 e. The number of nitrogens with two attached hydrogens (primary N) is 2. The fourth-order valence-corrected chi connectivity index (χ4v) is 4.48. The first-order valence-electron chi connectivity index (χ1n) is 14.5. The number of benzene rings is 2. The number of fused-ring (bicyclic) bond motifs is 1. The third-order valence-corrected chi connectivity index (χ3v) is 6.85. The topological polar surface area (TPSA) is 180 Å². The number of anilines is 2. The average Bonchev–Trinajstić information content (AvgIpc) is 3.35. The van der Waals surface area contributed by atoms with Crippen LogP contribution in [-0.2, 0) is 32.7 Å². The molecular formula is C32H38N8O5. The standard InChI is InChI=1S/C32H38N8O5/c1-5-44-29(41)15-17-40(27-8-6-7-16-35-27)31(42)23-11-14-26-25(18-23)38-28(39(26)4)19-36-24-12-9-22(10-13-24)30(34)37-21(3)45-32(43)20(2)33/h6-14,16,18,20-21,36H,5,15,17,19,33H2,1-4H3,(H2,34,37). The number of aryl methyl sites for hydroxylation is 1. The van der Waals surface area contributed by atoms with Crippen LogP contribution in [0.25, 0.3) is 11.0 Å². The van der Waals surface area contributed by atoms with Crippen molar-refractivity contribution in [2.24, 2.45) is 23.5 Å². The number of carbonyl (C=O) groups excluding carboxylic acids is 3. The van der Waals surface area contributed by atoms with Crippen LogP contribution in [0.4, 0.5) is 11.5 Å². The van der Waals surface area contributed by atoms with E-state index in [1.165, 1.54) is 11.8 Å². The first-order chi connectivity index (χ1) is 21.6. The highest BCUT2D eigenvalue weighted by molar-refractivity contribution is 6.07. The summed E-state index contributed by atoms with van der Waals surface area (Å²) in [4.78, 5) is 52.1. The smallest absolute Gasteiger partial charge is 0.324 e. The molecule has 0 radical (unpaired) electrons. The Morgan fingerprint density at radius 1 is 1.07 bits per heavy atom. The van der Waals surface area contributed by atoms with Gasteiger partial charge in [-0.05, 0) is 75.4 Å². The summed E-state index contributed by atoms with van der Waals surface area (Å²) in [6.45, 7) is 5.70. The van der Waals surface area contributed by atoms with E-state index >= 15 is 0 Å². The summed E-state index contributed by atoms with van der Waals surface area (Å²) in [7, 11) is 1.91. The predicted molar refractivity (Wildman–Crippen MR) is 172 cm³/mol. The average molecular weight is 615 g/mol. The van der Waals surface area contributed by atoms with Crippen LogP contribution in [0, 0.1) is 0 Å². The van der Waals surface area contributed by atoms with Crippen LogP contribution in [0.15, 0.2) is 71.9 Å². The second-order valence-electron chi connectivity index (χ2n) is 10.3. The highest BCUT2D eigenvalue weighted by Crippen LogP contribution is 2.21. The van der Waals surface area contributed by atoms with Crippen molar-refractivity contribution >= 4 is 46.2 Å². The van der Waals surface area contributed by atoms with Crippen LogP contribution >= 0.6 is 0 Å².